The number of anilines is 1. The van der Waals surface area contributed by atoms with Crippen molar-refractivity contribution in [3.05, 3.63) is 77.9 Å². The number of thioether (sulfide) groups is 1. The van der Waals surface area contributed by atoms with Crippen molar-refractivity contribution in [2.45, 2.75) is 31.1 Å². The molecule has 3 aromatic carbocycles. The lowest BCUT2D eigenvalue weighted by molar-refractivity contribution is 0.106. The van der Waals surface area contributed by atoms with Crippen molar-refractivity contribution in [2.24, 2.45) is 4.99 Å². The standard InChI is InChI=1S/C26H26N2OS/c1-4-5-6-18-7-9-19(10-8-18)20-11-16-24-23(17-20)25(29)26(30-24)27-21-12-14-22(15-13-21)28(2)3/h7-17H,4-6H2,1-3H3. The summed E-state index contributed by atoms with van der Waals surface area (Å²) in [7, 11) is 4.01. The van der Waals surface area contributed by atoms with E-state index in [0.29, 0.717) is 5.04 Å². The van der Waals surface area contributed by atoms with E-state index in [1.54, 1.807) is 0 Å². The number of Topliss-reactive ketones (excluding diaryl/α,β-unsaturated/α-hetero) is 1. The van der Waals surface area contributed by atoms with Gasteiger partial charge in [-0.1, -0.05) is 55.4 Å². The Labute approximate surface area is 182 Å². The summed E-state index contributed by atoms with van der Waals surface area (Å²) in [6.07, 6.45) is 3.53. The molecular formula is C26H26N2OS. The number of unbranched alkanes of at least 4 members (excludes halogenated alkanes) is 1. The van der Waals surface area contributed by atoms with E-state index in [-0.39, 0.29) is 5.78 Å². The van der Waals surface area contributed by atoms with Crippen LogP contribution >= 0.6 is 11.8 Å². The Morgan fingerprint density at radius 3 is 2.27 bits per heavy atom. The summed E-state index contributed by atoms with van der Waals surface area (Å²) in [4.78, 5) is 20.6. The number of carbonyl (C=O) groups excluding carboxylic acids is 1. The predicted octanol–water partition coefficient (Wildman–Crippen LogP) is 6.78. The highest BCUT2D eigenvalue weighted by molar-refractivity contribution is 8.16. The van der Waals surface area contributed by atoms with Crippen molar-refractivity contribution in [3.8, 4) is 11.1 Å². The molecule has 0 aromatic heterocycles. The van der Waals surface area contributed by atoms with E-state index >= 15 is 0 Å². The second kappa shape index (κ2) is 8.88. The van der Waals surface area contributed by atoms with Gasteiger partial charge >= 0.3 is 0 Å². The van der Waals surface area contributed by atoms with Gasteiger partial charge in [0.05, 0.1) is 5.69 Å². The fourth-order valence-corrected chi connectivity index (χ4v) is 4.46. The van der Waals surface area contributed by atoms with Gasteiger partial charge in [0.2, 0.25) is 5.78 Å². The Kier molecular flexibility index (Phi) is 6.05. The fraction of sp³-hybridized carbons (Fsp3) is 0.231. The Hall–Kier alpha value is -2.85. The molecule has 0 unspecified atom stereocenters. The van der Waals surface area contributed by atoms with Crippen molar-refractivity contribution >= 4 is 34.0 Å². The van der Waals surface area contributed by atoms with E-state index in [4.69, 9.17) is 0 Å². The summed E-state index contributed by atoms with van der Waals surface area (Å²) in [6.45, 7) is 2.21. The van der Waals surface area contributed by atoms with Crippen LogP contribution in [0.15, 0.2) is 76.6 Å². The van der Waals surface area contributed by atoms with Crippen LogP contribution in [0.4, 0.5) is 11.4 Å². The number of benzene rings is 3. The molecule has 4 heteroatoms. The summed E-state index contributed by atoms with van der Waals surface area (Å²) >= 11 is 1.46. The Morgan fingerprint density at radius 1 is 0.900 bits per heavy atom. The average molecular weight is 415 g/mol. The first-order valence-electron chi connectivity index (χ1n) is 10.4. The second-order valence-corrected chi connectivity index (χ2v) is 8.80. The molecule has 152 valence electrons. The molecule has 0 fully saturated rings. The van der Waals surface area contributed by atoms with Crippen LogP contribution in [-0.2, 0) is 6.42 Å². The first-order chi connectivity index (χ1) is 14.5. The number of hydrogen-bond donors (Lipinski definition) is 0. The number of nitrogens with zero attached hydrogens (tertiary/aromatic N) is 2. The van der Waals surface area contributed by atoms with Gasteiger partial charge in [-0.3, -0.25) is 4.79 Å². The number of hydrogen-bond acceptors (Lipinski definition) is 4. The number of ketones is 1. The zero-order valence-electron chi connectivity index (χ0n) is 17.7. The van der Waals surface area contributed by atoms with Gasteiger partial charge in [-0.05, 0) is 65.9 Å². The van der Waals surface area contributed by atoms with Gasteiger partial charge in [-0.2, -0.15) is 0 Å². The smallest absolute Gasteiger partial charge is 0.219 e. The lowest BCUT2D eigenvalue weighted by Crippen LogP contribution is -2.07. The van der Waals surface area contributed by atoms with Gasteiger partial charge in [-0.15, -0.1) is 0 Å². The van der Waals surface area contributed by atoms with Crippen LogP contribution in [0.3, 0.4) is 0 Å². The van der Waals surface area contributed by atoms with E-state index in [0.717, 1.165) is 39.4 Å². The maximum atomic E-state index is 13.0. The SMILES string of the molecule is CCCCc1ccc(-c2ccc3c(c2)C(=O)C(=Nc2ccc(N(C)C)cc2)S3)cc1. The molecule has 3 aromatic rings. The molecule has 0 radical (unpaired) electrons. The first-order valence-corrected chi connectivity index (χ1v) is 11.2. The van der Waals surface area contributed by atoms with Crippen molar-refractivity contribution in [2.75, 3.05) is 19.0 Å². The Morgan fingerprint density at radius 2 is 1.60 bits per heavy atom. The zero-order chi connectivity index (χ0) is 21.1. The third kappa shape index (κ3) is 4.34. The first kappa shape index (κ1) is 20.4. The lowest BCUT2D eigenvalue weighted by Gasteiger charge is -2.11. The molecule has 0 saturated carbocycles. The van der Waals surface area contributed by atoms with Crippen molar-refractivity contribution in [1.29, 1.82) is 0 Å². The highest BCUT2D eigenvalue weighted by atomic mass is 32.2. The van der Waals surface area contributed by atoms with Crippen LogP contribution in [0, 0.1) is 0 Å². The molecule has 0 N–H and O–H groups in total. The average Bonchev–Trinajstić information content (AvgIpc) is 3.07. The highest BCUT2D eigenvalue weighted by Gasteiger charge is 2.28. The molecule has 0 amide bonds. The van der Waals surface area contributed by atoms with Crippen LogP contribution in [0.1, 0.15) is 35.7 Å². The molecule has 3 nitrogen and oxygen atoms in total. The normalized spacial score (nSPS) is 14.2. The van der Waals surface area contributed by atoms with Gasteiger partial charge in [0, 0.05) is 30.2 Å². The van der Waals surface area contributed by atoms with E-state index in [9.17, 15) is 4.79 Å². The monoisotopic (exact) mass is 414 g/mol. The number of aliphatic imine (C=N–C) groups is 1. The molecular weight excluding hydrogens is 388 g/mol. The molecule has 0 aliphatic carbocycles. The molecule has 1 aliphatic heterocycles. The number of rotatable bonds is 6. The quantitative estimate of drug-likeness (QED) is 0.446. The predicted molar refractivity (Wildman–Crippen MR) is 129 cm³/mol. The number of fused-ring (bicyclic) bond motifs is 1. The Bertz CT molecular complexity index is 1080. The third-order valence-corrected chi connectivity index (χ3v) is 6.37. The summed E-state index contributed by atoms with van der Waals surface area (Å²) in [5, 5.41) is 0.537. The topological polar surface area (TPSA) is 32.7 Å². The fourth-order valence-electron chi connectivity index (χ4n) is 3.50. The van der Waals surface area contributed by atoms with E-state index < -0.39 is 0 Å². The number of carbonyl (C=O) groups is 1. The van der Waals surface area contributed by atoms with Crippen LogP contribution in [-0.4, -0.2) is 24.9 Å². The van der Waals surface area contributed by atoms with Crippen LogP contribution < -0.4 is 4.90 Å². The maximum Gasteiger partial charge on any atom is 0.219 e. The summed E-state index contributed by atoms with van der Waals surface area (Å²) in [6, 6.07) is 22.8. The number of aryl methyl sites for hydroxylation is 1. The van der Waals surface area contributed by atoms with E-state index in [2.05, 4.69) is 42.2 Å². The Balaban J connectivity index is 1.55. The van der Waals surface area contributed by atoms with E-state index in [1.807, 2.05) is 55.4 Å². The summed E-state index contributed by atoms with van der Waals surface area (Å²) in [5.41, 5.74) is 6.23. The third-order valence-electron chi connectivity index (χ3n) is 5.33. The molecule has 4 rings (SSSR count). The molecule has 0 saturated heterocycles. The van der Waals surface area contributed by atoms with Crippen LogP contribution in [0.25, 0.3) is 11.1 Å². The van der Waals surface area contributed by atoms with Gasteiger partial charge in [0.15, 0.2) is 0 Å². The second-order valence-electron chi connectivity index (χ2n) is 7.77. The van der Waals surface area contributed by atoms with Crippen LogP contribution in [0.5, 0.6) is 0 Å². The van der Waals surface area contributed by atoms with Crippen molar-refractivity contribution in [3.63, 3.8) is 0 Å². The van der Waals surface area contributed by atoms with Crippen LogP contribution in [0.2, 0.25) is 0 Å². The van der Waals surface area contributed by atoms with E-state index in [1.165, 1.54) is 30.2 Å². The molecule has 30 heavy (non-hydrogen) atoms. The minimum atomic E-state index is 0.00750. The zero-order valence-corrected chi connectivity index (χ0v) is 18.5. The molecule has 0 bridgehead atoms. The van der Waals surface area contributed by atoms with Gasteiger partial charge in [0.25, 0.3) is 0 Å². The molecule has 0 spiro atoms. The summed E-state index contributed by atoms with van der Waals surface area (Å²) < 4.78 is 0. The van der Waals surface area contributed by atoms with Gasteiger partial charge in [-0.25, -0.2) is 4.99 Å². The highest BCUT2D eigenvalue weighted by Crippen LogP contribution is 2.37. The minimum absolute atomic E-state index is 0.00750. The van der Waals surface area contributed by atoms with Gasteiger partial charge < -0.3 is 4.90 Å². The van der Waals surface area contributed by atoms with Gasteiger partial charge in [0.1, 0.15) is 5.04 Å². The van der Waals surface area contributed by atoms with Crippen molar-refractivity contribution in [1.82, 2.24) is 0 Å². The molecule has 0 atom stereocenters. The van der Waals surface area contributed by atoms with Crippen molar-refractivity contribution < 1.29 is 4.79 Å². The summed E-state index contributed by atoms with van der Waals surface area (Å²) in [5.74, 6) is 0.00750. The molecule has 1 aliphatic rings. The molecule has 1 heterocycles. The lowest BCUT2D eigenvalue weighted by atomic mass is 9.99. The maximum absolute atomic E-state index is 13.0. The largest absolute Gasteiger partial charge is 0.378 e. The minimum Gasteiger partial charge on any atom is -0.378 e.